The van der Waals surface area contributed by atoms with Gasteiger partial charge in [-0.3, -0.25) is 14.6 Å². The van der Waals surface area contributed by atoms with Gasteiger partial charge in [0.05, 0.1) is 5.69 Å². The smallest absolute Gasteiger partial charge is 0.0527 e. The maximum atomic E-state index is 4.48. The van der Waals surface area contributed by atoms with E-state index in [1.165, 1.54) is 37.3 Å². The summed E-state index contributed by atoms with van der Waals surface area (Å²) in [7, 11) is 0. The van der Waals surface area contributed by atoms with Crippen LogP contribution >= 0.6 is 0 Å². The molecule has 3 heterocycles. The van der Waals surface area contributed by atoms with Gasteiger partial charge in [0, 0.05) is 37.2 Å². The van der Waals surface area contributed by atoms with Crippen molar-refractivity contribution in [2.24, 2.45) is 5.92 Å². The van der Waals surface area contributed by atoms with Crippen LogP contribution in [-0.4, -0.2) is 32.8 Å². The maximum Gasteiger partial charge on any atom is 0.0527 e. The van der Waals surface area contributed by atoms with Crippen LogP contribution in [0.25, 0.3) is 0 Å². The van der Waals surface area contributed by atoms with Gasteiger partial charge < -0.3 is 0 Å². The molecule has 1 aliphatic heterocycles. The van der Waals surface area contributed by atoms with Gasteiger partial charge in [-0.15, -0.1) is 0 Å². The van der Waals surface area contributed by atoms with Crippen molar-refractivity contribution < 1.29 is 0 Å². The van der Waals surface area contributed by atoms with Crippen molar-refractivity contribution in [2.45, 2.75) is 45.7 Å². The highest BCUT2D eigenvalue weighted by atomic mass is 15.3. The third-order valence-electron chi connectivity index (χ3n) is 4.45. The highest BCUT2D eigenvalue weighted by molar-refractivity contribution is 5.05. The summed E-state index contributed by atoms with van der Waals surface area (Å²) in [4.78, 5) is 7.05. The Kier molecular flexibility index (Phi) is 4.88. The van der Waals surface area contributed by atoms with Crippen LogP contribution in [0.2, 0.25) is 0 Å². The zero-order valence-corrected chi connectivity index (χ0v) is 13.7. The van der Waals surface area contributed by atoms with Crippen LogP contribution in [0.3, 0.4) is 0 Å². The number of aromatic nitrogens is 3. The lowest BCUT2D eigenvalue weighted by molar-refractivity contribution is 0.161. The van der Waals surface area contributed by atoms with Crippen LogP contribution in [0.5, 0.6) is 0 Å². The molecule has 0 unspecified atom stereocenters. The molecule has 0 N–H and O–H groups in total. The molecule has 4 heteroatoms. The Balaban J connectivity index is 1.60. The van der Waals surface area contributed by atoms with Gasteiger partial charge in [-0.25, -0.2) is 0 Å². The molecule has 1 fully saturated rings. The van der Waals surface area contributed by atoms with E-state index in [1.807, 2.05) is 18.5 Å². The minimum absolute atomic E-state index is 0.430. The second kappa shape index (κ2) is 7.05. The number of nitrogens with zero attached hydrogens (tertiary/aromatic N) is 4. The van der Waals surface area contributed by atoms with E-state index in [2.05, 4.69) is 51.7 Å². The van der Waals surface area contributed by atoms with Gasteiger partial charge in [0.2, 0.25) is 0 Å². The monoisotopic (exact) mass is 298 g/mol. The number of pyridine rings is 1. The minimum Gasteiger partial charge on any atom is -0.297 e. The Morgan fingerprint density at radius 3 is 2.91 bits per heavy atom. The summed E-state index contributed by atoms with van der Waals surface area (Å²) < 4.78 is 2.14. The normalized spacial score (nSPS) is 19.7. The van der Waals surface area contributed by atoms with Gasteiger partial charge >= 0.3 is 0 Å². The van der Waals surface area contributed by atoms with E-state index in [4.69, 9.17) is 0 Å². The summed E-state index contributed by atoms with van der Waals surface area (Å²) in [5.74, 6) is 0.721. The summed E-state index contributed by atoms with van der Waals surface area (Å²) in [6.07, 6.45) is 7.52. The van der Waals surface area contributed by atoms with Gasteiger partial charge in [-0.1, -0.05) is 6.07 Å². The number of hydrogen-bond acceptors (Lipinski definition) is 3. The molecule has 0 bridgehead atoms. The van der Waals surface area contributed by atoms with Gasteiger partial charge in [0.25, 0.3) is 0 Å². The van der Waals surface area contributed by atoms with E-state index in [0.29, 0.717) is 6.04 Å². The van der Waals surface area contributed by atoms with Gasteiger partial charge in [-0.05, 0) is 63.8 Å². The molecule has 0 saturated carbocycles. The number of rotatable bonds is 5. The summed E-state index contributed by atoms with van der Waals surface area (Å²) in [5, 5.41) is 4.45. The van der Waals surface area contributed by atoms with Crippen molar-refractivity contribution in [3.05, 3.63) is 48.0 Å². The summed E-state index contributed by atoms with van der Waals surface area (Å²) in [6.45, 7) is 7.76. The second-order valence-electron chi connectivity index (χ2n) is 6.63. The molecule has 22 heavy (non-hydrogen) atoms. The maximum absolute atomic E-state index is 4.48. The largest absolute Gasteiger partial charge is 0.297 e. The average molecular weight is 298 g/mol. The summed E-state index contributed by atoms with van der Waals surface area (Å²) >= 11 is 0. The fourth-order valence-electron chi connectivity index (χ4n) is 3.44. The Morgan fingerprint density at radius 1 is 1.23 bits per heavy atom. The van der Waals surface area contributed by atoms with Gasteiger partial charge in [-0.2, -0.15) is 5.10 Å². The van der Waals surface area contributed by atoms with E-state index in [-0.39, 0.29) is 0 Å². The molecule has 2 aromatic rings. The molecular weight excluding hydrogens is 272 g/mol. The van der Waals surface area contributed by atoms with Crippen LogP contribution in [0, 0.1) is 5.92 Å². The molecule has 1 aliphatic rings. The highest BCUT2D eigenvalue weighted by Gasteiger charge is 2.21. The fraction of sp³-hybridized carbons (Fsp3) is 0.556. The molecule has 0 aliphatic carbocycles. The molecule has 118 valence electrons. The predicted molar refractivity (Wildman–Crippen MR) is 88.6 cm³/mol. The quantitative estimate of drug-likeness (QED) is 0.849. The van der Waals surface area contributed by atoms with E-state index in [0.717, 1.165) is 18.9 Å². The molecule has 0 radical (unpaired) electrons. The molecule has 0 aromatic carbocycles. The first kappa shape index (κ1) is 15.2. The number of piperidine rings is 1. The van der Waals surface area contributed by atoms with Crippen molar-refractivity contribution >= 4 is 0 Å². The standard InChI is InChI=1S/C18H26N4/c1-15(2)22-18(8-10-20-22)14-21-11-5-6-16(13-21)12-17-7-3-4-9-19-17/h3-4,7-10,15-16H,5-6,11-14H2,1-2H3/t16-/m0/s1. The zero-order chi connectivity index (χ0) is 15.4. The van der Waals surface area contributed by atoms with Crippen molar-refractivity contribution in [3.63, 3.8) is 0 Å². The second-order valence-corrected chi connectivity index (χ2v) is 6.63. The van der Waals surface area contributed by atoms with Crippen molar-refractivity contribution in [2.75, 3.05) is 13.1 Å². The zero-order valence-electron chi connectivity index (χ0n) is 13.7. The molecular formula is C18H26N4. The summed E-state index contributed by atoms with van der Waals surface area (Å²) in [5.41, 5.74) is 2.55. The van der Waals surface area contributed by atoms with Crippen LogP contribution in [0.4, 0.5) is 0 Å². The highest BCUT2D eigenvalue weighted by Crippen LogP contribution is 2.22. The first-order valence-corrected chi connectivity index (χ1v) is 8.37. The predicted octanol–water partition coefficient (Wildman–Crippen LogP) is 3.31. The van der Waals surface area contributed by atoms with Gasteiger partial charge in [0.1, 0.15) is 0 Å². The van der Waals surface area contributed by atoms with Crippen molar-refractivity contribution in [1.82, 2.24) is 19.7 Å². The molecule has 1 saturated heterocycles. The van der Waals surface area contributed by atoms with Gasteiger partial charge in [0.15, 0.2) is 0 Å². The van der Waals surface area contributed by atoms with E-state index in [1.54, 1.807) is 0 Å². The number of hydrogen-bond donors (Lipinski definition) is 0. The number of likely N-dealkylation sites (tertiary alicyclic amines) is 1. The fourth-order valence-corrected chi connectivity index (χ4v) is 3.44. The Morgan fingerprint density at radius 2 is 2.14 bits per heavy atom. The average Bonchev–Trinajstić information content (AvgIpc) is 2.97. The Labute approximate surface area is 133 Å². The van der Waals surface area contributed by atoms with Crippen molar-refractivity contribution in [3.8, 4) is 0 Å². The molecule has 3 rings (SSSR count). The van der Waals surface area contributed by atoms with E-state index >= 15 is 0 Å². The minimum atomic E-state index is 0.430. The third-order valence-corrected chi connectivity index (χ3v) is 4.45. The van der Waals surface area contributed by atoms with Crippen LogP contribution in [-0.2, 0) is 13.0 Å². The van der Waals surface area contributed by atoms with Crippen LogP contribution in [0.1, 0.15) is 44.1 Å². The lowest BCUT2D eigenvalue weighted by Gasteiger charge is -2.32. The topological polar surface area (TPSA) is 34.0 Å². The van der Waals surface area contributed by atoms with E-state index < -0.39 is 0 Å². The summed E-state index contributed by atoms with van der Waals surface area (Å²) in [6, 6.07) is 8.81. The first-order chi connectivity index (χ1) is 10.7. The third kappa shape index (κ3) is 3.74. The SMILES string of the molecule is CC(C)n1nccc1CN1CCC[C@@H](Cc2ccccn2)C1. The molecule has 0 spiro atoms. The van der Waals surface area contributed by atoms with Crippen molar-refractivity contribution in [1.29, 1.82) is 0 Å². The lowest BCUT2D eigenvalue weighted by Crippen LogP contribution is -2.36. The molecule has 0 amide bonds. The Hall–Kier alpha value is -1.68. The van der Waals surface area contributed by atoms with Crippen LogP contribution < -0.4 is 0 Å². The molecule has 2 aromatic heterocycles. The first-order valence-electron chi connectivity index (χ1n) is 8.37. The molecule has 1 atom stereocenters. The van der Waals surface area contributed by atoms with E-state index in [9.17, 15) is 0 Å². The lowest BCUT2D eigenvalue weighted by atomic mass is 9.93. The van der Waals surface area contributed by atoms with Crippen LogP contribution in [0.15, 0.2) is 36.7 Å². The molecule has 4 nitrogen and oxygen atoms in total. The Bertz CT molecular complexity index is 576.